The maximum Gasteiger partial charge on any atom is 0.437 e. The van der Waals surface area contributed by atoms with Crippen molar-refractivity contribution in [3.63, 3.8) is 0 Å². The van der Waals surface area contributed by atoms with Gasteiger partial charge in [-0.15, -0.1) is 9.98 Å². The van der Waals surface area contributed by atoms with Crippen LogP contribution in [0.4, 0.5) is 19.2 Å². The molecule has 438 valence electrons. The van der Waals surface area contributed by atoms with E-state index in [0.29, 0.717) is 39.1 Å². The Hall–Kier alpha value is -10.8. The minimum atomic E-state index is -1.48. The second-order valence-corrected chi connectivity index (χ2v) is 18.9. The fraction of sp³-hybridized carbons (Fsp3) is 0.203. The van der Waals surface area contributed by atoms with E-state index in [-0.39, 0.29) is 71.2 Å². The second kappa shape index (κ2) is 33.8. The first kappa shape index (κ1) is 61.8. The van der Waals surface area contributed by atoms with Gasteiger partial charge in [-0.05, 0) is 63.9 Å². The van der Waals surface area contributed by atoms with Gasteiger partial charge in [0.25, 0.3) is 0 Å². The SMILES string of the molecule is O=C(/N=C(/NCCC[C@@H](NC(=O)[C@H](Cc1ccc(OCc2ccccc2)cc1)N/C(=N/C(=O)OCc1ccccc1)NC(=O)OCc1ccccc1)C(=O)N[C@@H](Cc1ccccc1)C(=O)O)NC(=O)OCc1ccccc1)OCc1ccccc1. The molecule has 0 aliphatic rings. The summed E-state index contributed by atoms with van der Waals surface area (Å²) in [6.45, 7) is -0.427. The zero-order chi connectivity index (χ0) is 59.9. The zero-order valence-corrected chi connectivity index (χ0v) is 46.2. The van der Waals surface area contributed by atoms with Crippen molar-refractivity contribution in [3.8, 4) is 5.75 Å². The minimum Gasteiger partial charge on any atom is -0.489 e. The van der Waals surface area contributed by atoms with Gasteiger partial charge in [-0.25, -0.2) is 24.0 Å². The van der Waals surface area contributed by atoms with Crippen molar-refractivity contribution in [1.82, 2.24) is 31.9 Å². The highest BCUT2D eigenvalue weighted by molar-refractivity contribution is 6.01. The monoisotopic (exact) mass is 1150 g/mol. The van der Waals surface area contributed by atoms with Gasteiger partial charge in [-0.1, -0.05) is 194 Å². The zero-order valence-electron chi connectivity index (χ0n) is 46.2. The highest BCUT2D eigenvalue weighted by Crippen LogP contribution is 2.17. The van der Waals surface area contributed by atoms with Gasteiger partial charge in [-0.3, -0.25) is 20.2 Å². The average molecular weight is 1150 g/mol. The summed E-state index contributed by atoms with van der Waals surface area (Å²) in [6.07, 6.45) is -4.70. The van der Waals surface area contributed by atoms with Crippen LogP contribution in [0.15, 0.2) is 216 Å². The summed E-state index contributed by atoms with van der Waals surface area (Å²) in [4.78, 5) is 103. The minimum absolute atomic E-state index is 0.00489. The van der Waals surface area contributed by atoms with Crippen molar-refractivity contribution < 1.29 is 62.4 Å². The lowest BCUT2D eigenvalue weighted by atomic mass is 10.0. The first-order valence-electron chi connectivity index (χ1n) is 27.1. The summed E-state index contributed by atoms with van der Waals surface area (Å²) in [7, 11) is 0. The standard InChI is InChI=1S/C64H64N8O13/c73-56(67-55(58(75)76)39-45-20-7-1-8-21-45)53(32-19-37-65-59(69-61(77)82-41-48-24-11-3-12-25-48)70-62(78)83-42-49-26-13-4-14-27-49)66-57(74)54(38-46-33-35-52(36-34-46)81-40-47-22-9-2-10-23-47)68-60(71-63(79)84-43-50-28-15-5-16-29-50)72-64(80)85-44-51-30-17-6-18-31-51/h1-18,20-31,33-36,53-55H,19,32,37-44H2,(H,66,74)(H,67,73)(H,75,76)(H2,65,69,70,77,78)(H2,68,71,72,79,80)/t53-,54+,55+/m1/s1. The highest BCUT2D eigenvalue weighted by Gasteiger charge is 2.31. The first-order chi connectivity index (χ1) is 41.4. The lowest BCUT2D eigenvalue weighted by Crippen LogP contribution is -2.58. The number of aliphatic imine (C=N–C) groups is 2. The number of benzene rings is 7. The van der Waals surface area contributed by atoms with Crippen molar-refractivity contribution in [2.75, 3.05) is 6.54 Å². The van der Waals surface area contributed by atoms with Gasteiger partial charge in [0.15, 0.2) is 0 Å². The predicted molar refractivity (Wildman–Crippen MR) is 314 cm³/mol. The Kier molecular flexibility index (Phi) is 24.6. The molecule has 0 saturated heterocycles. The molecule has 0 aliphatic heterocycles. The van der Waals surface area contributed by atoms with E-state index in [1.54, 1.807) is 176 Å². The lowest BCUT2D eigenvalue weighted by Gasteiger charge is -2.26. The van der Waals surface area contributed by atoms with Crippen LogP contribution < -0.4 is 36.6 Å². The number of carbonyl (C=O) groups excluding carboxylic acids is 6. The number of carbonyl (C=O) groups is 7. The number of carboxylic acids is 1. The predicted octanol–water partition coefficient (Wildman–Crippen LogP) is 8.67. The van der Waals surface area contributed by atoms with Crippen molar-refractivity contribution in [3.05, 3.63) is 245 Å². The molecular weight excluding hydrogens is 1090 g/mol. The number of aliphatic carboxylic acids is 1. The van der Waals surface area contributed by atoms with E-state index >= 15 is 0 Å². The number of ether oxygens (including phenoxy) is 5. The second-order valence-electron chi connectivity index (χ2n) is 18.9. The molecular formula is C64H64N8O13. The quantitative estimate of drug-likeness (QED) is 0.0122. The number of hydrogen-bond acceptors (Lipinski definition) is 12. The molecule has 21 heteroatoms. The van der Waals surface area contributed by atoms with Crippen molar-refractivity contribution in [1.29, 1.82) is 0 Å². The maximum atomic E-state index is 15.0. The number of hydrogen-bond donors (Lipinski definition) is 7. The number of amides is 6. The van der Waals surface area contributed by atoms with Crippen molar-refractivity contribution in [2.24, 2.45) is 9.98 Å². The molecule has 6 amide bonds. The molecule has 85 heavy (non-hydrogen) atoms. The molecule has 7 aromatic carbocycles. The molecule has 0 spiro atoms. The summed E-state index contributed by atoms with van der Waals surface area (Å²) in [6, 6.07) is 55.8. The molecule has 0 unspecified atom stereocenters. The van der Waals surface area contributed by atoms with Crippen LogP contribution in [-0.2, 0) is 79.2 Å². The molecule has 0 aliphatic carbocycles. The van der Waals surface area contributed by atoms with Crippen LogP contribution in [0.2, 0.25) is 0 Å². The number of alkyl carbamates (subject to hydrolysis) is 2. The fourth-order valence-electron chi connectivity index (χ4n) is 8.05. The summed E-state index contributed by atoms with van der Waals surface area (Å²) >= 11 is 0. The van der Waals surface area contributed by atoms with Crippen LogP contribution in [0.3, 0.4) is 0 Å². The Morgan fingerprint density at radius 2 is 0.753 bits per heavy atom. The van der Waals surface area contributed by atoms with E-state index in [0.717, 1.165) is 5.56 Å². The maximum absolute atomic E-state index is 15.0. The van der Waals surface area contributed by atoms with E-state index in [1.807, 2.05) is 30.3 Å². The largest absolute Gasteiger partial charge is 0.489 e. The molecule has 7 rings (SSSR count). The molecule has 7 aromatic rings. The Bertz CT molecular complexity index is 3310. The summed E-state index contributed by atoms with van der Waals surface area (Å²) in [5.74, 6) is -3.52. The average Bonchev–Trinajstić information content (AvgIpc) is 3.68. The van der Waals surface area contributed by atoms with Crippen molar-refractivity contribution >= 4 is 54.1 Å². The molecule has 21 nitrogen and oxygen atoms in total. The van der Waals surface area contributed by atoms with Gasteiger partial charge in [0.05, 0.1) is 0 Å². The fourth-order valence-corrected chi connectivity index (χ4v) is 8.05. The third kappa shape index (κ3) is 22.9. The summed E-state index contributed by atoms with van der Waals surface area (Å²) in [5.41, 5.74) is 4.74. The smallest absolute Gasteiger partial charge is 0.437 e. The van der Waals surface area contributed by atoms with Crippen LogP contribution in [-0.4, -0.2) is 83.9 Å². The summed E-state index contributed by atoms with van der Waals surface area (Å²) < 4.78 is 27.6. The van der Waals surface area contributed by atoms with Crippen LogP contribution in [0.1, 0.15) is 51.8 Å². The number of guanidine groups is 2. The van der Waals surface area contributed by atoms with E-state index in [2.05, 4.69) is 41.9 Å². The third-order valence-corrected chi connectivity index (χ3v) is 12.4. The van der Waals surface area contributed by atoms with Gasteiger partial charge in [-0.2, -0.15) is 0 Å². The third-order valence-electron chi connectivity index (χ3n) is 12.4. The molecule has 7 N–H and O–H groups in total. The Morgan fingerprint density at radius 1 is 0.388 bits per heavy atom. The van der Waals surface area contributed by atoms with E-state index < -0.39 is 66.2 Å². The molecule has 3 atom stereocenters. The molecule has 0 radical (unpaired) electrons. The number of nitrogens with one attached hydrogen (secondary N) is 6. The van der Waals surface area contributed by atoms with Crippen LogP contribution in [0.25, 0.3) is 0 Å². The number of rotatable bonds is 25. The van der Waals surface area contributed by atoms with Gasteiger partial charge < -0.3 is 50.1 Å². The van der Waals surface area contributed by atoms with Gasteiger partial charge in [0.1, 0.15) is 56.9 Å². The van der Waals surface area contributed by atoms with Gasteiger partial charge in [0, 0.05) is 19.4 Å². The van der Waals surface area contributed by atoms with E-state index in [4.69, 9.17) is 23.7 Å². The van der Waals surface area contributed by atoms with Gasteiger partial charge in [0.2, 0.25) is 23.7 Å². The van der Waals surface area contributed by atoms with Gasteiger partial charge >= 0.3 is 30.3 Å². The van der Waals surface area contributed by atoms with E-state index in [9.17, 15) is 38.7 Å². The number of carboxylic acid groups (broad SMARTS) is 1. The molecule has 0 bridgehead atoms. The van der Waals surface area contributed by atoms with E-state index in [1.165, 1.54) is 0 Å². The van der Waals surface area contributed by atoms with Crippen LogP contribution in [0.5, 0.6) is 5.75 Å². The Labute approximate surface area is 490 Å². The van der Waals surface area contributed by atoms with Crippen molar-refractivity contribution in [2.45, 2.75) is 76.8 Å². The molecule has 0 saturated carbocycles. The molecule has 0 aromatic heterocycles. The summed E-state index contributed by atoms with van der Waals surface area (Å²) in [5, 5.41) is 26.2. The molecule has 0 fully saturated rings. The molecule has 0 heterocycles. The number of nitrogens with zero attached hydrogens (tertiary/aromatic N) is 2. The Balaban J connectivity index is 1.15. The normalized spacial score (nSPS) is 12.1. The Morgan fingerprint density at radius 3 is 1.21 bits per heavy atom. The highest BCUT2D eigenvalue weighted by atomic mass is 16.6. The lowest BCUT2D eigenvalue weighted by molar-refractivity contribution is -0.142. The first-order valence-corrected chi connectivity index (χ1v) is 27.1. The van der Waals surface area contributed by atoms with Crippen LogP contribution in [0, 0.1) is 0 Å². The van der Waals surface area contributed by atoms with Crippen LogP contribution >= 0.6 is 0 Å². The topological polar surface area (TPSA) is 283 Å².